The highest BCUT2D eigenvalue weighted by Crippen LogP contribution is 2.42. The maximum absolute atomic E-state index is 13.0. The predicted molar refractivity (Wildman–Crippen MR) is 60.8 cm³/mol. The number of rotatable bonds is 2. The van der Waals surface area contributed by atoms with Crippen LogP contribution < -0.4 is 5.32 Å². The Morgan fingerprint density at radius 1 is 1.47 bits per heavy atom. The summed E-state index contributed by atoms with van der Waals surface area (Å²) >= 11 is 5.77. The highest BCUT2D eigenvalue weighted by atomic mass is 35.5. The van der Waals surface area contributed by atoms with Gasteiger partial charge in [-0.2, -0.15) is 0 Å². The minimum absolute atomic E-state index is 0.229. The third kappa shape index (κ3) is 1.88. The fourth-order valence-electron chi connectivity index (χ4n) is 2.35. The Hall–Kier alpha value is -0.600. The topological polar surface area (TPSA) is 12.0 Å². The van der Waals surface area contributed by atoms with Crippen molar-refractivity contribution >= 4 is 11.6 Å². The van der Waals surface area contributed by atoms with Gasteiger partial charge in [-0.05, 0) is 43.0 Å². The molecule has 3 heteroatoms. The molecule has 82 valence electrons. The van der Waals surface area contributed by atoms with E-state index in [0.29, 0.717) is 17.9 Å². The molecule has 3 unspecified atom stereocenters. The van der Waals surface area contributed by atoms with Crippen molar-refractivity contribution in [1.82, 2.24) is 5.32 Å². The summed E-state index contributed by atoms with van der Waals surface area (Å²) in [6.45, 7) is 2.21. The van der Waals surface area contributed by atoms with E-state index in [9.17, 15) is 4.39 Å². The van der Waals surface area contributed by atoms with Gasteiger partial charge < -0.3 is 5.32 Å². The molecule has 0 bridgehead atoms. The van der Waals surface area contributed by atoms with Crippen molar-refractivity contribution in [2.45, 2.75) is 25.3 Å². The van der Waals surface area contributed by atoms with Crippen LogP contribution in [0.2, 0.25) is 5.02 Å². The van der Waals surface area contributed by atoms with E-state index in [4.69, 9.17) is 11.6 Å². The average molecular weight is 228 g/mol. The Kier molecular flexibility index (Phi) is 2.98. The van der Waals surface area contributed by atoms with Crippen LogP contribution in [0.25, 0.3) is 0 Å². The van der Waals surface area contributed by atoms with Crippen LogP contribution in [0.5, 0.6) is 0 Å². The molecule has 15 heavy (non-hydrogen) atoms. The number of hydrogen-bond donors (Lipinski definition) is 1. The van der Waals surface area contributed by atoms with Gasteiger partial charge in [0.2, 0.25) is 0 Å². The largest absolute Gasteiger partial charge is 0.317 e. The summed E-state index contributed by atoms with van der Waals surface area (Å²) < 4.78 is 13.0. The number of hydrogen-bond acceptors (Lipinski definition) is 1. The Bertz CT molecular complexity index is 367. The third-order valence-electron chi connectivity index (χ3n) is 3.52. The van der Waals surface area contributed by atoms with Crippen molar-refractivity contribution in [2.24, 2.45) is 5.92 Å². The Morgan fingerprint density at radius 2 is 2.20 bits per heavy atom. The van der Waals surface area contributed by atoms with Gasteiger partial charge in [0.25, 0.3) is 0 Å². The summed E-state index contributed by atoms with van der Waals surface area (Å²) in [6, 6.07) is 5.63. The Labute approximate surface area is 94.6 Å². The summed E-state index contributed by atoms with van der Waals surface area (Å²) in [7, 11) is 1.98. The lowest BCUT2D eigenvalue weighted by atomic mass is 9.67. The van der Waals surface area contributed by atoms with E-state index >= 15 is 0 Å². The summed E-state index contributed by atoms with van der Waals surface area (Å²) in [4.78, 5) is 0. The monoisotopic (exact) mass is 227 g/mol. The van der Waals surface area contributed by atoms with Crippen LogP contribution in [-0.2, 0) is 0 Å². The van der Waals surface area contributed by atoms with Crippen LogP contribution in [-0.4, -0.2) is 13.1 Å². The lowest BCUT2D eigenvalue weighted by molar-refractivity contribution is 0.194. The molecule has 0 amide bonds. The van der Waals surface area contributed by atoms with Crippen molar-refractivity contribution in [3.8, 4) is 0 Å². The first kappa shape index (κ1) is 10.9. The summed E-state index contributed by atoms with van der Waals surface area (Å²) in [6.07, 6.45) is 1.11. The molecule has 1 aromatic carbocycles. The fourth-order valence-corrected chi connectivity index (χ4v) is 2.54. The van der Waals surface area contributed by atoms with E-state index in [2.05, 4.69) is 12.2 Å². The lowest BCUT2D eigenvalue weighted by Crippen LogP contribution is -2.46. The molecule has 2 rings (SSSR count). The van der Waals surface area contributed by atoms with Crippen LogP contribution in [0.3, 0.4) is 0 Å². The highest BCUT2D eigenvalue weighted by molar-refractivity contribution is 6.30. The quantitative estimate of drug-likeness (QED) is 0.818. The third-order valence-corrected chi connectivity index (χ3v) is 3.81. The van der Waals surface area contributed by atoms with Gasteiger partial charge >= 0.3 is 0 Å². The molecule has 1 fully saturated rings. The zero-order valence-corrected chi connectivity index (χ0v) is 9.68. The zero-order chi connectivity index (χ0) is 11.0. The molecule has 0 radical (unpaired) electrons. The maximum atomic E-state index is 13.0. The molecule has 1 aromatic rings. The van der Waals surface area contributed by atoms with Gasteiger partial charge in [-0.15, -0.1) is 0 Å². The van der Waals surface area contributed by atoms with Gasteiger partial charge in [-0.1, -0.05) is 24.6 Å². The second-order valence-electron chi connectivity index (χ2n) is 4.27. The second kappa shape index (κ2) is 4.11. The molecule has 1 N–H and O–H groups in total. The van der Waals surface area contributed by atoms with E-state index in [1.54, 1.807) is 6.07 Å². The van der Waals surface area contributed by atoms with Crippen molar-refractivity contribution in [3.05, 3.63) is 34.6 Å². The number of benzene rings is 1. The molecular formula is C12H15ClFN. The Balaban J connectivity index is 2.15. The molecule has 0 heterocycles. The van der Waals surface area contributed by atoms with Gasteiger partial charge in [0.05, 0.1) is 5.02 Å². The normalized spacial score (nSPS) is 30.0. The summed E-state index contributed by atoms with van der Waals surface area (Å²) in [5.41, 5.74) is 1.15. The molecule has 1 aliphatic rings. The molecular weight excluding hydrogens is 213 g/mol. The first-order chi connectivity index (χ1) is 7.13. The number of nitrogens with one attached hydrogen (secondary N) is 1. The van der Waals surface area contributed by atoms with Gasteiger partial charge in [0.15, 0.2) is 0 Å². The zero-order valence-electron chi connectivity index (χ0n) is 8.93. The van der Waals surface area contributed by atoms with E-state index in [1.165, 1.54) is 6.07 Å². The highest BCUT2D eigenvalue weighted by Gasteiger charge is 2.37. The lowest BCUT2D eigenvalue weighted by Gasteiger charge is -2.43. The summed E-state index contributed by atoms with van der Waals surface area (Å²) in [5, 5.41) is 3.50. The van der Waals surface area contributed by atoms with Crippen LogP contribution in [0, 0.1) is 11.7 Å². The van der Waals surface area contributed by atoms with E-state index < -0.39 is 0 Å². The second-order valence-corrected chi connectivity index (χ2v) is 4.68. The van der Waals surface area contributed by atoms with Crippen LogP contribution in [0.15, 0.2) is 18.2 Å². The van der Waals surface area contributed by atoms with E-state index in [1.807, 2.05) is 13.1 Å². The van der Waals surface area contributed by atoms with Crippen LogP contribution in [0.1, 0.15) is 24.8 Å². The molecule has 0 spiro atoms. The SMILES string of the molecule is CNC1CC(c2ccc(F)c(Cl)c2)C1C. The van der Waals surface area contributed by atoms with Crippen molar-refractivity contribution < 1.29 is 4.39 Å². The average Bonchev–Trinajstić information content (AvgIpc) is 2.22. The van der Waals surface area contributed by atoms with Gasteiger partial charge in [0.1, 0.15) is 5.82 Å². The first-order valence-corrected chi connectivity index (χ1v) is 5.63. The fraction of sp³-hybridized carbons (Fsp3) is 0.500. The van der Waals surface area contributed by atoms with Gasteiger partial charge in [-0.3, -0.25) is 0 Å². The molecule has 3 atom stereocenters. The van der Waals surface area contributed by atoms with E-state index in [-0.39, 0.29) is 10.8 Å². The maximum Gasteiger partial charge on any atom is 0.141 e. The molecule has 0 saturated heterocycles. The summed E-state index contributed by atoms with van der Waals surface area (Å²) in [5.74, 6) is 0.773. The molecule has 1 saturated carbocycles. The van der Waals surface area contributed by atoms with Crippen LogP contribution >= 0.6 is 11.6 Å². The number of halogens is 2. The Morgan fingerprint density at radius 3 is 2.73 bits per heavy atom. The van der Waals surface area contributed by atoms with E-state index in [0.717, 1.165) is 12.0 Å². The smallest absolute Gasteiger partial charge is 0.141 e. The first-order valence-electron chi connectivity index (χ1n) is 5.25. The van der Waals surface area contributed by atoms with Crippen molar-refractivity contribution in [2.75, 3.05) is 7.05 Å². The minimum atomic E-state index is -0.336. The predicted octanol–water partition coefficient (Wildman–Crippen LogP) is 3.19. The molecule has 0 aromatic heterocycles. The standard InChI is InChI=1S/C12H15ClFN/c1-7-9(6-12(7)15-2)8-3-4-11(14)10(13)5-8/h3-5,7,9,12,15H,6H2,1-2H3. The van der Waals surface area contributed by atoms with Gasteiger partial charge in [-0.25, -0.2) is 4.39 Å². The van der Waals surface area contributed by atoms with Crippen LogP contribution in [0.4, 0.5) is 4.39 Å². The molecule has 1 aliphatic carbocycles. The van der Waals surface area contributed by atoms with Crippen molar-refractivity contribution in [1.29, 1.82) is 0 Å². The minimum Gasteiger partial charge on any atom is -0.317 e. The molecule has 0 aliphatic heterocycles. The van der Waals surface area contributed by atoms with Gasteiger partial charge in [0, 0.05) is 6.04 Å². The molecule has 1 nitrogen and oxygen atoms in total. The van der Waals surface area contributed by atoms with Crippen molar-refractivity contribution in [3.63, 3.8) is 0 Å².